The van der Waals surface area contributed by atoms with E-state index < -0.39 is 0 Å². The Kier molecular flexibility index (Phi) is 4.79. The standard InChI is InChI=1S/C15H19NOS/c1-3-8-17-15-7-5-4-6-14(15)12-9-13(10-16-2)18-11-12/h4-7,9,11,16H,3,8,10H2,1-2H3. The van der Waals surface area contributed by atoms with Gasteiger partial charge in [0.05, 0.1) is 6.61 Å². The normalized spacial score (nSPS) is 10.6. The Bertz CT molecular complexity index is 493. The molecule has 0 aliphatic carbocycles. The Morgan fingerprint density at radius 3 is 2.89 bits per heavy atom. The summed E-state index contributed by atoms with van der Waals surface area (Å²) in [5.74, 6) is 0.980. The summed E-state index contributed by atoms with van der Waals surface area (Å²) in [6.07, 6.45) is 1.03. The molecule has 2 aromatic rings. The first kappa shape index (κ1) is 13.1. The Morgan fingerprint density at radius 1 is 1.28 bits per heavy atom. The van der Waals surface area contributed by atoms with Crippen LogP contribution in [0.5, 0.6) is 5.75 Å². The molecule has 96 valence electrons. The number of benzene rings is 1. The van der Waals surface area contributed by atoms with Gasteiger partial charge in [0.2, 0.25) is 0 Å². The maximum atomic E-state index is 5.80. The molecular weight excluding hydrogens is 242 g/mol. The Balaban J connectivity index is 2.25. The van der Waals surface area contributed by atoms with Crippen molar-refractivity contribution in [3.63, 3.8) is 0 Å². The molecule has 0 bridgehead atoms. The van der Waals surface area contributed by atoms with Crippen LogP contribution in [0.1, 0.15) is 18.2 Å². The second-order valence-electron chi connectivity index (χ2n) is 4.18. The van der Waals surface area contributed by atoms with Crippen LogP contribution in [-0.4, -0.2) is 13.7 Å². The molecule has 0 aliphatic rings. The van der Waals surface area contributed by atoms with Crippen LogP contribution in [-0.2, 0) is 6.54 Å². The van der Waals surface area contributed by atoms with Crippen LogP contribution in [0.15, 0.2) is 35.7 Å². The molecular formula is C15H19NOS. The third-order valence-electron chi connectivity index (χ3n) is 2.66. The molecule has 2 rings (SSSR count). The van der Waals surface area contributed by atoms with Crippen molar-refractivity contribution >= 4 is 11.3 Å². The number of hydrogen-bond donors (Lipinski definition) is 1. The van der Waals surface area contributed by atoms with E-state index in [4.69, 9.17) is 4.74 Å². The van der Waals surface area contributed by atoms with Crippen molar-refractivity contribution in [1.82, 2.24) is 5.32 Å². The lowest BCUT2D eigenvalue weighted by atomic mass is 10.1. The molecule has 1 aromatic heterocycles. The fourth-order valence-electron chi connectivity index (χ4n) is 1.83. The van der Waals surface area contributed by atoms with Crippen molar-refractivity contribution < 1.29 is 4.74 Å². The molecule has 1 N–H and O–H groups in total. The van der Waals surface area contributed by atoms with Gasteiger partial charge in [-0.15, -0.1) is 11.3 Å². The van der Waals surface area contributed by atoms with Gasteiger partial charge in [-0.2, -0.15) is 0 Å². The summed E-state index contributed by atoms with van der Waals surface area (Å²) in [5.41, 5.74) is 2.43. The molecule has 0 atom stereocenters. The molecule has 0 saturated carbocycles. The van der Waals surface area contributed by atoms with Crippen molar-refractivity contribution in [1.29, 1.82) is 0 Å². The van der Waals surface area contributed by atoms with Crippen molar-refractivity contribution in [3.05, 3.63) is 40.6 Å². The Morgan fingerprint density at radius 2 is 2.11 bits per heavy atom. The van der Waals surface area contributed by atoms with Crippen LogP contribution >= 0.6 is 11.3 Å². The molecule has 1 heterocycles. The maximum Gasteiger partial charge on any atom is 0.127 e. The topological polar surface area (TPSA) is 21.3 Å². The van der Waals surface area contributed by atoms with E-state index in [2.05, 4.69) is 35.8 Å². The van der Waals surface area contributed by atoms with Crippen molar-refractivity contribution in [2.45, 2.75) is 19.9 Å². The average molecular weight is 261 g/mol. The third kappa shape index (κ3) is 3.12. The molecule has 18 heavy (non-hydrogen) atoms. The summed E-state index contributed by atoms with van der Waals surface area (Å²) >= 11 is 1.78. The fourth-order valence-corrected chi connectivity index (χ4v) is 2.73. The zero-order chi connectivity index (χ0) is 12.8. The highest BCUT2D eigenvalue weighted by Crippen LogP contribution is 2.33. The average Bonchev–Trinajstić information content (AvgIpc) is 2.86. The second kappa shape index (κ2) is 6.57. The Hall–Kier alpha value is -1.32. The van der Waals surface area contributed by atoms with E-state index in [1.807, 2.05) is 19.2 Å². The minimum absolute atomic E-state index is 0.768. The lowest BCUT2D eigenvalue weighted by Gasteiger charge is -2.09. The molecule has 0 fully saturated rings. The van der Waals surface area contributed by atoms with E-state index in [1.165, 1.54) is 16.0 Å². The minimum atomic E-state index is 0.768. The summed E-state index contributed by atoms with van der Waals surface area (Å²) in [6.45, 7) is 3.81. The summed E-state index contributed by atoms with van der Waals surface area (Å²) in [4.78, 5) is 1.35. The smallest absolute Gasteiger partial charge is 0.127 e. The zero-order valence-corrected chi connectivity index (χ0v) is 11.7. The first-order valence-electron chi connectivity index (χ1n) is 6.29. The summed E-state index contributed by atoms with van der Waals surface area (Å²) in [6, 6.07) is 10.5. The van der Waals surface area contributed by atoms with Crippen LogP contribution in [0, 0.1) is 0 Å². The first-order valence-corrected chi connectivity index (χ1v) is 7.17. The Labute approximate surface area is 113 Å². The van der Waals surface area contributed by atoms with E-state index in [-0.39, 0.29) is 0 Å². The lowest BCUT2D eigenvalue weighted by Crippen LogP contribution is -2.02. The SMILES string of the molecule is CCCOc1ccccc1-c1csc(CNC)c1. The number of para-hydroxylation sites is 1. The van der Waals surface area contributed by atoms with Crippen LogP contribution in [0.4, 0.5) is 0 Å². The highest BCUT2D eigenvalue weighted by atomic mass is 32.1. The van der Waals surface area contributed by atoms with Gasteiger partial charge in [0.1, 0.15) is 5.75 Å². The van der Waals surface area contributed by atoms with E-state index in [0.717, 1.165) is 25.3 Å². The van der Waals surface area contributed by atoms with Gasteiger partial charge in [-0.1, -0.05) is 25.1 Å². The van der Waals surface area contributed by atoms with Gasteiger partial charge in [0.15, 0.2) is 0 Å². The van der Waals surface area contributed by atoms with Crippen LogP contribution < -0.4 is 10.1 Å². The molecule has 0 aliphatic heterocycles. The van der Waals surface area contributed by atoms with Crippen LogP contribution in [0.2, 0.25) is 0 Å². The van der Waals surface area contributed by atoms with Crippen molar-refractivity contribution in [2.75, 3.05) is 13.7 Å². The predicted octanol–water partition coefficient (Wildman–Crippen LogP) is 3.92. The first-order chi connectivity index (χ1) is 8.85. The van der Waals surface area contributed by atoms with E-state index in [1.54, 1.807) is 11.3 Å². The minimum Gasteiger partial charge on any atom is -0.493 e. The van der Waals surface area contributed by atoms with Crippen LogP contribution in [0.3, 0.4) is 0 Å². The van der Waals surface area contributed by atoms with E-state index in [9.17, 15) is 0 Å². The third-order valence-corrected chi connectivity index (χ3v) is 3.60. The summed E-state index contributed by atoms with van der Waals surface area (Å²) in [5, 5.41) is 5.37. The van der Waals surface area contributed by atoms with Gasteiger partial charge in [0.25, 0.3) is 0 Å². The van der Waals surface area contributed by atoms with Gasteiger partial charge < -0.3 is 10.1 Å². The molecule has 2 nitrogen and oxygen atoms in total. The van der Waals surface area contributed by atoms with E-state index in [0.29, 0.717) is 0 Å². The second-order valence-corrected chi connectivity index (χ2v) is 5.17. The predicted molar refractivity (Wildman–Crippen MR) is 78.3 cm³/mol. The highest BCUT2D eigenvalue weighted by Gasteiger charge is 2.07. The molecule has 0 spiro atoms. The number of nitrogens with one attached hydrogen (secondary N) is 1. The monoisotopic (exact) mass is 261 g/mol. The summed E-state index contributed by atoms with van der Waals surface area (Å²) in [7, 11) is 1.97. The van der Waals surface area contributed by atoms with Gasteiger partial charge in [-0.3, -0.25) is 0 Å². The highest BCUT2D eigenvalue weighted by molar-refractivity contribution is 7.10. The molecule has 3 heteroatoms. The van der Waals surface area contributed by atoms with Gasteiger partial charge in [0, 0.05) is 17.0 Å². The van der Waals surface area contributed by atoms with Crippen LogP contribution in [0.25, 0.3) is 11.1 Å². The van der Waals surface area contributed by atoms with E-state index >= 15 is 0 Å². The van der Waals surface area contributed by atoms with Gasteiger partial charge in [-0.05, 0) is 36.5 Å². The summed E-state index contributed by atoms with van der Waals surface area (Å²) < 4.78 is 5.80. The van der Waals surface area contributed by atoms with Crippen molar-refractivity contribution in [2.24, 2.45) is 0 Å². The molecule has 0 saturated heterocycles. The van der Waals surface area contributed by atoms with Gasteiger partial charge in [-0.25, -0.2) is 0 Å². The zero-order valence-electron chi connectivity index (χ0n) is 10.9. The molecule has 1 aromatic carbocycles. The lowest BCUT2D eigenvalue weighted by molar-refractivity contribution is 0.319. The van der Waals surface area contributed by atoms with Gasteiger partial charge >= 0.3 is 0 Å². The molecule has 0 amide bonds. The number of hydrogen-bond acceptors (Lipinski definition) is 3. The number of ether oxygens (including phenoxy) is 1. The van der Waals surface area contributed by atoms with Crippen molar-refractivity contribution in [3.8, 4) is 16.9 Å². The fraction of sp³-hybridized carbons (Fsp3) is 0.333. The molecule has 0 unspecified atom stereocenters. The number of thiophene rings is 1. The largest absolute Gasteiger partial charge is 0.493 e. The quantitative estimate of drug-likeness (QED) is 0.851. The maximum absolute atomic E-state index is 5.80. The molecule has 0 radical (unpaired) electrons. The number of rotatable bonds is 6.